The molecule has 4 aromatic rings. The van der Waals surface area contributed by atoms with Crippen molar-refractivity contribution in [3.8, 4) is 0 Å². The predicted octanol–water partition coefficient (Wildman–Crippen LogP) is 3.64. The molecule has 10 heteroatoms. The monoisotopic (exact) mass is 445 g/mol. The van der Waals surface area contributed by atoms with Crippen LogP contribution in [0.1, 0.15) is 17.3 Å². The van der Waals surface area contributed by atoms with Gasteiger partial charge in [0, 0.05) is 27.5 Å². The van der Waals surface area contributed by atoms with Gasteiger partial charge in [0.15, 0.2) is 0 Å². The van der Waals surface area contributed by atoms with Gasteiger partial charge in [0.25, 0.3) is 15.6 Å². The van der Waals surface area contributed by atoms with E-state index in [0.717, 1.165) is 0 Å². The molecule has 0 unspecified atom stereocenters. The molecule has 3 N–H and O–H groups in total. The number of anilines is 1. The minimum Gasteiger partial charge on any atom is -0.462 e. The quantitative estimate of drug-likeness (QED) is 0.405. The Morgan fingerprint density at radius 2 is 2.00 bits per heavy atom. The van der Waals surface area contributed by atoms with E-state index in [4.69, 9.17) is 16.3 Å². The zero-order valence-corrected chi connectivity index (χ0v) is 17.2. The summed E-state index contributed by atoms with van der Waals surface area (Å²) in [4.78, 5) is 30.1. The fourth-order valence-corrected chi connectivity index (χ4v) is 4.47. The molecule has 0 fully saturated rings. The first-order valence-corrected chi connectivity index (χ1v) is 10.8. The SMILES string of the molecule is CCOC(=O)c1c[nH]c2c(=O)[nH]c3ccc(S(=O)(=O)Nc4cccc(Cl)c4)cc3c12. The predicted molar refractivity (Wildman–Crippen MR) is 115 cm³/mol. The van der Waals surface area contributed by atoms with E-state index >= 15 is 0 Å². The van der Waals surface area contributed by atoms with Crippen LogP contribution in [0.2, 0.25) is 5.02 Å². The fourth-order valence-electron chi connectivity index (χ4n) is 3.21. The number of ether oxygens (including phenoxy) is 1. The van der Waals surface area contributed by atoms with Gasteiger partial charge in [0.1, 0.15) is 5.52 Å². The third-order valence-electron chi connectivity index (χ3n) is 4.50. The van der Waals surface area contributed by atoms with Crippen LogP contribution >= 0.6 is 11.6 Å². The number of H-pyrrole nitrogens is 2. The second-order valence-corrected chi connectivity index (χ2v) is 8.57. The number of aromatic amines is 2. The number of fused-ring (bicyclic) bond motifs is 3. The zero-order valence-electron chi connectivity index (χ0n) is 15.7. The van der Waals surface area contributed by atoms with Crippen molar-refractivity contribution in [3.63, 3.8) is 0 Å². The molecule has 4 rings (SSSR count). The minimum atomic E-state index is -3.95. The van der Waals surface area contributed by atoms with Crippen molar-refractivity contribution in [2.75, 3.05) is 11.3 Å². The van der Waals surface area contributed by atoms with Crippen LogP contribution in [0.5, 0.6) is 0 Å². The van der Waals surface area contributed by atoms with Gasteiger partial charge >= 0.3 is 5.97 Å². The average molecular weight is 446 g/mol. The van der Waals surface area contributed by atoms with E-state index in [1.807, 2.05) is 0 Å². The molecule has 30 heavy (non-hydrogen) atoms. The lowest BCUT2D eigenvalue weighted by molar-refractivity contribution is 0.0529. The topological polar surface area (TPSA) is 121 Å². The third kappa shape index (κ3) is 3.53. The molecular weight excluding hydrogens is 430 g/mol. The summed E-state index contributed by atoms with van der Waals surface area (Å²) in [6.07, 6.45) is 1.38. The van der Waals surface area contributed by atoms with E-state index in [2.05, 4.69) is 14.7 Å². The molecule has 0 aliphatic carbocycles. The highest BCUT2D eigenvalue weighted by Crippen LogP contribution is 2.28. The summed E-state index contributed by atoms with van der Waals surface area (Å²) < 4.78 is 33.3. The minimum absolute atomic E-state index is 0.0423. The summed E-state index contributed by atoms with van der Waals surface area (Å²) in [6, 6.07) is 10.6. The van der Waals surface area contributed by atoms with Crippen LogP contribution < -0.4 is 10.3 Å². The normalized spacial score (nSPS) is 11.7. The molecule has 0 spiro atoms. The smallest absolute Gasteiger partial charge is 0.340 e. The maximum absolute atomic E-state index is 12.9. The fraction of sp³-hybridized carbons (Fsp3) is 0.100. The zero-order chi connectivity index (χ0) is 21.5. The maximum atomic E-state index is 12.9. The molecular formula is C20H16ClN3O5S. The van der Waals surface area contributed by atoms with E-state index in [0.29, 0.717) is 27.0 Å². The molecule has 0 aliphatic heterocycles. The molecule has 0 atom stereocenters. The number of carbonyl (C=O) groups excluding carboxylic acids is 1. The first-order valence-electron chi connectivity index (χ1n) is 8.93. The number of nitrogens with one attached hydrogen (secondary N) is 3. The summed E-state index contributed by atoms with van der Waals surface area (Å²) in [5, 5.41) is 1.08. The summed E-state index contributed by atoms with van der Waals surface area (Å²) in [7, 11) is -3.95. The van der Waals surface area contributed by atoms with Gasteiger partial charge in [-0.25, -0.2) is 13.2 Å². The van der Waals surface area contributed by atoms with E-state index in [9.17, 15) is 18.0 Å². The number of rotatable bonds is 5. The lowest BCUT2D eigenvalue weighted by Gasteiger charge is -2.10. The van der Waals surface area contributed by atoms with Crippen molar-refractivity contribution in [2.24, 2.45) is 0 Å². The van der Waals surface area contributed by atoms with Gasteiger partial charge in [-0.2, -0.15) is 0 Å². The number of hydrogen-bond donors (Lipinski definition) is 3. The van der Waals surface area contributed by atoms with Gasteiger partial charge < -0.3 is 14.7 Å². The summed E-state index contributed by atoms with van der Waals surface area (Å²) in [5.41, 5.74) is 0.575. The van der Waals surface area contributed by atoms with Crippen LogP contribution in [0.15, 0.2) is 58.4 Å². The molecule has 0 amide bonds. The van der Waals surface area contributed by atoms with Crippen molar-refractivity contribution in [3.05, 3.63) is 69.6 Å². The average Bonchev–Trinajstić information content (AvgIpc) is 3.14. The van der Waals surface area contributed by atoms with Crippen molar-refractivity contribution in [2.45, 2.75) is 11.8 Å². The first-order chi connectivity index (χ1) is 14.3. The molecule has 0 radical (unpaired) electrons. The maximum Gasteiger partial charge on any atom is 0.340 e. The Hall–Kier alpha value is -3.30. The van der Waals surface area contributed by atoms with E-state index < -0.39 is 21.6 Å². The number of pyridine rings is 1. The highest BCUT2D eigenvalue weighted by atomic mass is 35.5. The first kappa shape index (κ1) is 20.0. The second-order valence-electron chi connectivity index (χ2n) is 6.45. The van der Waals surface area contributed by atoms with Crippen molar-refractivity contribution in [1.29, 1.82) is 0 Å². The molecule has 0 saturated heterocycles. The number of sulfonamides is 1. The molecule has 0 bridgehead atoms. The molecule has 2 heterocycles. The second kappa shape index (κ2) is 7.51. The van der Waals surface area contributed by atoms with E-state index in [1.54, 1.807) is 25.1 Å². The summed E-state index contributed by atoms with van der Waals surface area (Å²) in [5.74, 6) is -0.610. The van der Waals surface area contributed by atoms with Crippen LogP contribution in [0.25, 0.3) is 21.8 Å². The Morgan fingerprint density at radius 1 is 1.20 bits per heavy atom. The molecule has 2 aromatic heterocycles. The highest BCUT2D eigenvalue weighted by Gasteiger charge is 2.21. The van der Waals surface area contributed by atoms with Crippen LogP contribution in [0, 0.1) is 0 Å². The summed E-state index contributed by atoms with van der Waals surface area (Å²) in [6.45, 7) is 1.83. The Labute approximate surface area is 175 Å². The van der Waals surface area contributed by atoms with Crippen molar-refractivity contribution >= 4 is 55.1 Å². The van der Waals surface area contributed by atoms with Crippen LogP contribution in [0.4, 0.5) is 5.69 Å². The van der Waals surface area contributed by atoms with Crippen molar-refractivity contribution in [1.82, 2.24) is 9.97 Å². The Kier molecular flexibility index (Phi) is 5.00. The van der Waals surface area contributed by atoms with Gasteiger partial charge in [-0.15, -0.1) is 0 Å². The number of esters is 1. The third-order valence-corrected chi connectivity index (χ3v) is 6.11. The Morgan fingerprint density at radius 3 is 2.73 bits per heavy atom. The molecule has 0 aliphatic rings. The number of benzene rings is 2. The molecule has 8 nitrogen and oxygen atoms in total. The van der Waals surface area contributed by atoms with Crippen LogP contribution in [-0.4, -0.2) is 31.0 Å². The molecule has 154 valence electrons. The van der Waals surface area contributed by atoms with Gasteiger partial charge in [-0.1, -0.05) is 17.7 Å². The van der Waals surface area contributed by atoms with Gasteiger partial charge in [0.2, 0.25) is 0 Å². The molecule has 0 saturated carbocycles. The number of aromatic nitrogens is 2. The van der Waals surface area contributed by atoms with Crippen molar-refractivity contribution < 1.29 is 17.9 Å². The highest BCUT2D eigenvalue weighted by molar-refractivity contribution is 7.92. The van der Waals surface area contributed by atoms with Gasteiger partial charge in [-0.3, -0.25) is 9.52 Å². The lowest BCUT2D eigenvalue weighted by atomic mass is 10.1. The van der Waals surface area contributed by atoms with Gasteiger partial charge in [0.05, 0.1) is 22.8 Å². The Bertz CT molecular complexity index is 1460. The number of carbonyl (C=O) groups is 1. The number of hydrogen-bond acceptors (Lipinski definition) is 5. The lowest BCUT2D eigenvalue weighted by Crippen LogP contribution is -2.13. The van der Waals surface area contributed by atoms with E-state index in [-0.39, 0.29) is 22.6 Å². The van der Waals surface area contributed by atoms with E-state index in [1.165, 1.54) is 30.5 Å². The van der Waals surface area contributed by atoms with Gasteiger partial charge in [-0.05, 0) is 43.3 Å². The Balaban J connectivity index is 1.90. The van der Waals surface area contributed by atoms with Crippen LogP contribution in [0.3, 0.4) is 0 Å². The standard InChI is InChI=1S/C20H16ClN3O5S/c1-2-29-20(26)15-10-22-18-17(15)14-9-13(6-7-16(14)23-19(18)25)30(27,28)24-12-5-3-4-11(21)8-12/h3-10,22,24H,2H2,1H3,(H,23,25). The largest absolute Gasteiger partial charge is 0.462 e. The number of halogens is 1. The van der Waals surface area contributed by atoms with Crippen LogP contribution in [-0.2, 0) is 14.8 Å². The summed E-state index contributed by atoms with van der Waals surface area (Å²) >= 11 is 5.92. The molecule has 2 aromatic carbocycles.